The summed E-state index contributed by atoms with van der Waals surface area (Å²) in [6.45, 7) is 1.63. The van der Waals surface area contributed by atoms with Gasteiger partial charge in [0.2, 0.25) is 0 Å². The summed E-state index contributed by atoms with van der Waals surface area (Å²) in [5.41, 5.74) is 4.83. The fourth-order valence-electron chi connectivity index (χ4n) is 2.70. The van der Waals surface area contributed by atoms with Crippen molar-refractivity contribution in [3.63, 3.8) is 0 Å². The van der Waals surface area contributed by atoms with Crippen LogP contribution in [0, 0.1) is 6.92 Å². The van der Waals surface area contributed by atoms with Crippen LogP contribution in [-0.2, 0) is 4.79 Å². The van der Waals surface area contributed by atoms with Gasteiger partial charge in [-0.25, -0.2) is 10.2 Å². The van der Waals surface area contributed by atoms with E-state index >= 15 is 0 Å². The molecule has 0 saturated carbocycles. The fraction of sp³-hybridized carbons (Fsp3) is 0.0833. The minimum absolute atomic E-state index is 0.212. The van der Waals surface area contributed by atoms with Gasteiger partial charge >= 0.3 is 5.97 Å². The van der Waals surface area contributed by atoms with Gasteiger partial charge in [-0.3, -0.25) is 9.59 Å². The molecule has 0 saturated heterocycles. The van der Waals surface area contributed by atoms with E-state index in [1.54, 1.807) is 60.7 Å². The summed E-state index contributed by atoms with van der Waals surface area (Å²) in [7, 11) is 0. The molecule has 0 radical (unpaired) electrons. The van der Waals surface area contributed by atoms with E-state index in [1.807, 2.05) is 19.1 Å². The summed E-state index contributed by atoms with van der Waals surface area (Å²) in [6.07, 6.45) is 1.45. The van der Waals surface area contributed by atoms with Crippen LogP contribution in [0.25, 0.3) is 0 Å². The zero-order valence-electron chi connectivity index (χ0n) is 17.2. The summed E-state index contributed by atoms with van der Waals surface area (Å²) in [4.78, 5) is 36.2. The monoisotopic (exact) mass is 493 g/mol. The van der Waals surface area contributed by atoms with Crippen LogP contribution >= 0.6 is 15.9 Å². The summed E-state index contributed by atoms with van der Waals surface area (Å²) in [6, 6.07) is 20.7. The first-order valence-electron chi connectivity index (χ1n) is 9.66. The molecule has 0 spiro atoms. The second-order valence-corrected chi connectivity index (χ2v) is 7.68. The van der Waals surface area contributed by atoms with Crippen LogP contribution in [0.1, 0.15) is 31.8 Å². The van der Waals surface area contributed by atoms with Crippen LogP contribution in [-0.4, -0.2) is 30.5 Å². The molecule has 2 N–H and O–H groups in total. The van der Waals surface area contributed by atoms with E-state index < -0.39 is 11.9 Å². The Bertz CT molecular complexity index is 1160. The van der Waals surface area contributed by atoms with Crippen molar-refractivity contribution < 1.29 is 19.1 Å². The maximum absolute atomic E-state index is 12.3. The molecule has 0 unspecified atom stereocenters. The van der Waals surface area contributed by atoms with Gasteiger partial charge in [0.15, 0.2) is 0 Å². The molecule has 0 aliphatic carbocycles. The van der Waals surface area contributed by atoms with Crippen LogP contribution < -0.4 is 15.5 Å². The lowest BCUT2D eigenvalue weighted by molar-refractivity contribution is -0.120. The maximum atomic E-state index is 12.3. The van der Waals surface area contributed by atoms with E-state index in [-0.39, 0.29) is 12.5 Å². The first-order chi connectivity index (χ1) is 15.4. The van der Waals surface area contributed by atoms with E-state index in [0.29, 0.717) is 22.4 Å². The molecule has 162 valence electrons. The van der Waals surface area contributed by atoms with Gasteiger partial charge in [-0.1, -0.05) is 40.2 Å². The Morgan fingerprint density at radius 2 is 1.75 bits per heavy atom. The summed E-state index contributed by atoms with van der Waals surface area (Å²) in [5, 5.41) is 6.39. The summed E-state index contributed by atoms with van der Waals surface area (Å²) < 4.78 is 6.15. The van der Waals surface area contributed by atoms with Crippen LogP contribution in [0.2, 0.25) is 0 Å². The molecule has 8 heteroatoms. The third kappa shape index (κ3) is 6.61. The van der Waals surface area contributed by atoms with Gasteiger partial charge in [0.25, 0.3) is 11.8 Å². The lowest BCUT2D eigenvalue weighted by Crippen LogP contribution is -2.34. The quantitative estimate of drug-likeness (QED) is 0.226. The normalized spacial score (nSPS) is 10.6. The first-order valence-corrected chi connectivity index (χ1v) is 10.5. The predicted octanol–water partition coefficient (Wildman–Crippen LogP) is 3.86. The third-order valence-corrected chi connectivity index (χ3v) is 4.85. The molecule has 0 bridgehead atoms. The van der Waals surface area contributed by atoms with Crippen molar-refractivity contribution in [2.24, 2.45) is 5.10 Å². The van der Waals surface area contributed by atoms with Crippen molar-refractivity contribution in [1.82, 2.24) is 10.7 Å². The highest BCUT2D eigenvalue weighted by Crippen LogP contribution is 2.15. The molecule has 7 nitrogen and oxygen atoms in total. The molecule has 2 amide bonds. The van der Waals surface area contributed by atoms with Gasteiger partial charge in [0.1, 0.15) is 5.75 Å². The number of rotatable bonds is 7. The predicted molar refractivity (Wildman–Crippen MR) is 125 cm³/mol. The van der Waals surface area contributed by atoms with Crippen LogP contribution in [0.15, 0.2) is 82.4 Å². The van der Waals surface area contributed by atoms with Crippen molar-refractivity contribution in [3.8, 4) is 5.75 Å². The number of nitrogens with zero attached hydrogens (tertiary/aromatic N) is 1. The topological polar surface area (TPSA) is 96.9 Å². The minimum atomic E-state index is -0.464. The second-order valence-electron chi connectivity index (χ2n) is 6.76. The highest BCUT2D eigenvalue weighted by Gasteiger charge is 2.11. The number of amides is 2. The van der Waals surface area contributed by atoms with Crippen LogP contribution in [0.3, 0.4) is 0 Å². The SMILES string of the molecule is Cc1ccccc1C(=O)Oc1ccc(C=NNC(=O)CNC(=O)c2cccc(Br)c2)cc1. The van der Waals surface area contributed by atoms with E-state index in [1.165, 1.54) is 6.21 Å². The number of halogens is 1. The van der Waals surface area contributed by atoms with Gasteiger partial charge in [-0.05, 0) is 66.6 Å². The number of hydrogen-bond acceptors (Lipinski definition) is 5. The smallest absolute Gasteiger partial charge is 0.343 e. The van der Waals surface area contributed by atoms with Gasteiger partial charge in [0, 0.05) is 10.0 Å². The number of ether oxygens (including phenoxy) is 1. The molecule has 3 aromatic rings. The average Bonchev–Trinajstić information content (AvgIpc) is 2.79. The van der Waals surface area contributed by atoms with Crippen molar-refractivity contribution in [1.29, 1.82) is 0 Å². The Labute approximate surface area is 193 Å². The summed E-state index contributed by atoms with van der Waals surface area (Å²) in [5.74, 6) is -0.856. The molecular weight excluding hydrogens is 474 g/mol. The number of carbonyl (C=O) groups excluding carboxylic acids is 3. The number of nitrogens with one attached hydrogen (secondary N) is 2. The number of hydrogen-bond donors (Lipinski definition) is 2. The standard InChI is InChI=1S/C24H20BrN3O4/c1-16-5-2-3-8-21(16)24(31)32-20-11-9-17(10-12-20)14-27-28-22(29)15-26-23(30)18-6-4-7-19(25)13-18/h2-14H,15H2,1H3,(H,26,30)(H,28,29). The zero-order valence-corrected chi connectivity index (χ0v) is 18.8. The molecule has 32 heavy (non-hydrogen) atoms. The minimum Gasteiger partial charge on any atom is -0.423 e. The van der Waals surface area contributed by atoms with Crippen molar-refractivity contribution in [3.05, 3.63) is 99.5 Å². The van der Waals surface area contributed by atoms with Gasteiger partial charge in [0.05, 0.1) is 18.3 Å². The lowest BCUT2D eigenvalue weighted by Gasteiger charge is -2.06. The number of benzene rings is 3. The van der Waals surface area contributed by atoms with E-state index in [9.17, 15) is 14.4 Å². The molecule has 0 heterocycles. The first kappa shape index (κ1) is 22.9. The van der Waals surface area contributed by atoms with Gasteiger partial charge < -0.3 is 10.1 Å². The van der Waals surface area contributed by atoms with Crippen LogP contribution in [0.4, 0.5) is 0 Å². The number of esters is 1. The van der Waals surface area contributed by atoms with E-state index in [0.717, 1.165) is 10.0 Å². The second kappa shape index (κ2) is 11.0. The van der Waals surface area contributed by atoms with Gasteiger partial charge in [-0.15, -0.1) is 0 Å². The number of carbonyl (C=O) groups is 3. The van der Waals surface area contributed by atoms with Crippen LogP contribution in [0.5, 0.6) is 5.75 Å². The van der Waals surface area contributed by atoms with E-state index in [4.69, 9.17) is 4.74 Å². The number of hydrazone groups is 1. The molecule has 0 fully saturated rings. The number of aryl methyl sites for hydroxylation is 1. The Hall–Kier alpha value is -3.78. The van der Waals surface area contributed by atoms with Gasteiger partial charge in [-0.2, -0.15) is 5.10 Å². The average molecular weight is 494 g/mol. The molecule has 3 rings (SSSR count). The van der Waals surface area contributed by atoms with E-state index in [2.05, 4.69) is 31.8 Å². The Balaban J connectivity index is 1.46. The van der Waals surface area contributed by atoms with Crippen molar-refractivity contribution >= 4 is 39.9 Å². The van der Waals surface area contributed by atoms with Crippen molar-refractivity contribution in [2.45, 2.75) is 6.92 Å². The summed E-state index contributed by atoms with van der Waals surface area (Å²) >= 11 is 3.29. The fourth-order valence-corrected chi connectivity index (χ4v) is 3.10. The van der Waals surface area contributed by atoms with Crippen molar-refractivity contribution in [2.75, 3.05) is 6.54 Å². The molecule has 0 aliphatic rings. The Morgan fingerprint density at radius 3 is 2.47 bits per heavy atom. The Kier molecular flexibility index (Phi) is 7.88. The molecule has 0 aliphatic heterocycles. The third-order valence-electron chi connectivity index (χ3n) is 4.35. The Morgan fingerprint density at radius 1 is 1.00 bits per heavy atom. The highest BCUT2D eigenvalue weighted by molar-refractivity contribution is 9.10. The zero-order chi connectivity index (χ0) is 22.9. The highest BCUT2D eigenvalue weighted by atomic mass is 79.9. The molecule has 0 aromatic heterocycles. The molecule has 3 aromatic carbocycles. The lowest BCUT2D eigenvalue weighted by atomic mass is 10.1. The molecule has 0 atom stereocenters. The maximum Gasteiger partial charge on any atom is 0.343 e. The molecular formula is C24H20BrN3O4. The largest absolute Gasteiger partial charge is 0.423 e.